The lowest BCUT2D eigenvalue weighted by atomic mass is 10.2. The maximum Gasteiger partial charge on any atom is 0.147 e. The van der Waals surface area contributed by atoms with Gasteiger partial charge in [0.15, 0.2) is 0 Å². The highest BCUT2D eigenvalue weighted by atomic mass is 79.9. The predicted octanol–water partition coefficient (Wildman–Crippen LogP) is 5.36. The second-order valence-electron chi connectivity index (χ2n) is 4.53. The predicted molar refractivity (Wildman–Crippen MR) is 88.2 cm³/mol. The lowest BCUT2D eigenvalue weighted by Gasteiger charge is -2.10. The number of benzene rings is 2. The highest BCUT2D eigenvalue weighted by Gasteiger charge is 2.15. The molecule has 0 fully saturated rings. The third kappa shape index (κ3) is 2.80. The van der Waals surface area contributed by atoms with E-state index in [1.807, 2.05) is 6.07 Å². The Bertz CT molecular complexity index is 817. The smallest absolute Gasteiger partial charge is 0.147 e. The average Bonchev–Trinajstić information content (AvgIpc) is 2.79. The van der Waals surface area contributed by atoms with Gasteiger partial charge in [0.25, 0.3) is 0 Å². The van der Waals surface area contributed by atoms with Gasteiger partial charge in [0.2, 0.25) is 0 Å². The Morgan fingerprint density at radius 2 is 2.00 bits per heavy atom. The summed E-state index contributed by atoms with van der Waals surface area (Å²) in [6.07, 6.45) is 0.541. The van der Waals surface area contributed by atoms with Crippen molar-refractivity contribution in [1.82, 2.24) is 9.55 Å². The van der Waals surface area contributed by atoms with Gasteiger partial charge in [-0.15, -0.1) is 11.6 Å². The van der Waals surface area contributed by atoms with Gasteiger partial charge >= 0.3 is 0 Å². The van der Waals surface area contributed by atoms with Crippen LogP contribution in [0.5, 0.6) is 0 Å². The first-order valence-electron chi connectivity index (χ1n) is 6.28. The standard InChI is InChI=1S/C15H10BrCl2FN2/c16-9-1-3-11(19)13(7-9)21-14-8-10(18)2-4-12(14)20-15(21)5-6-17/h1-4,7-8H,5-6H2. The van der Waals surface area contributed by atoms with E-state index in [4.69, 9.17) is 23.2 Å². The molecule has 0 aliphatic carbocycles. The van der Waals surface area contributed by atoms with Crippen LogP contribution in [0.3, 0.4) is 0 Å². The number of halogens is 4. The summed E-state index contributed by atoms with van der Waals surface area (Å²) in [5.74, 6) is 0.791. The third-order valence-electron chi connectivity index (χ3n) is 3.15. The van der Waals surface area contributed by atoms with Gasteiger partial charge in [0.05, 0.1) is 16.7 Å². The van der Waals surface area contributed by atoms with Crippen LogP contribution in [0, 0.1) is 5.82 Å². The Balaban J connectivity index is 2.35. The molecule has 0 bridgehead atoms. The summed E-state index contributed by atoms with van der Waals surface area (Å²) in [6, 6.07) is 10.2. The molecule has 2 nitrogen and oxygen atoms in total. The molecule has 0 amide bonds. The van der Waals surface area contributed by atoms with Gasteiger partial charge in [-0.05, 0) is 36.4 Å². The minimum Gasteiger partial charge on any atom is -0.293 e. The molecule has 3 rings (SSSR count). The number of aromatic nitrogens is 2. The second kappa shape index (κ2) is 5.95. The molecule has 0 saturated heterocycles. The van der Waals surface area contributed by atoms with Gasteiger partial charge in [-0.25, -0.2) is 9.37 Å². The van der Waals surface area contributed by atoms with Gasteiger partial charge in [-0.3, -0.25) is 4.57 Å². The topological polar surface area (TPSA) is 17.8 Å². The Morgan fingerprint density at radius 1 is 1.19 bits per heavy atom. The van der Waals surface area contributed by atoms with Crippen molar-refractivity contribution in [3.05, 3.63) is 57.5 Å². The summed E-state index contributed by atoms with van der Waals surface area (Å²) in [7, 11) is 0. The molecule has 0 unspecified atom stereocenters. The summed E-state index contributed by atoms with van der Waals surface area (Å²) in [5.41, 5.74) is 1.95. The Labute approximate surface area is 139 Å². The first-order valence-corrected chi connectivity index (χ1v) is 7.99. The van der Waals surface area contributed by atoms with Crippen LogP contribution in [0.2, 0.25) is 5.02 Å². The van der Waals surface area contributed by atoms with Crippen molar-refractivity contribution in [2.75, 3.05) is 5.88 Å². The van der Waals surface area contributed by atoms with Crippen molar-refractivity contribution in [3.63, 3.8) is 0 Å². The summed E-state index contributed by atoms with van der Waals surface area (Å²) in [5, 5.41) is 0.580. The van der Waals surface area contributed by atoms with Gasteiger partial charge in [-0.2, -0.15) is 0 Å². The molecular formula is C15H10BrCl2FN2. The molecular weight excluding hydrogens is 378 g/mol. The van der Waals surface area contributed by atoms with Crippen molar-refractivity contribution in [1.29, 1.82) is 0 Å². The number of nitrogens with zero attached hydrogens (tertiary/aromatic N) is 2. The average molecular weight is 388 g/mol. The van der Waals surface area contributed by atoms with E-state index < -0.39 is 0 Å². The van der Waals surface area contributed by atoms with E-state index in [1.54, 1.807) is 28.8 Å². The Hall–Kier alpha value is -1.10. The molecule has 1 aromatic heterocycles. The van der Waals surface area contributed by atoms with E-state index in [9.17, 15) is 4.39 Å². The number of hydrogen-bond donors (Lipinski definition) is 0. The maximum absolute atomic E-state index is 14.2. The first-order chi connectivity index (χ1) is 10.1. The van der Waals surface area contributed by atoms with Crippen LogP contribution in [-0.4, -0.2) is 15.4 Å². The number of rotatable bonds is 3. The fraction of sp³-hybridized carbons (Fsp3) is 0.133. The van der Waals surface area contributed by atoms with Crippen molar-refractivity contribution in [2.24, 2.45) is 0 Å². The zero-order valence-corrected chi connectivity index (χ0v) is 13.9. The fourth-order valence-electron chi connectivity index (χ4n) is 2.28. The molecule has 0 aliphatic heterocycles. The van der Waals surface area contributed by atoms with Gasteiger partial charge in [0, 0.05) is 21.8 Å². The van der Waals surface area contributed by atoms with E-state index in [2.05, 4.69) is 20.9 Å². The summed E-state index contributed by atoms with van der Waals surface area (Å²) < 4.78 is 16.8. The molecule has 0 N–H and O–H groups in total. The van der Waals surface area contributed by atoms with Crippen LogP contribution in [0.25, 0.3) is 16.7 Å². The molecule has 2 aromatic carbocycles. The zero-order valence-electron chi connectivity index (χ0n) is 10.8. The van der Waals surface area contributed by atoms with Crippen molar-refractivity contribution in [2.45, 2.75) is 6.42 Å². The van der Waals surface area contributed by atoms with Gasteiger partial charge in [-0.1, -0.05) is 27.5 Å². The zero-order chi connectivity index (χ0) is 15.0. The molecule has 6 heteroatoms. The highest BCUT2D eigenvalue weighted by Crippen LogP contribution is 2.28. The second-order valence-corrected chi connectivity index (χ2v) is 6.26. The SMILES string of the molecule is Fc1ccc(Br)cc1-n1c(CCCl)nc2ccc(Cl)cc21. The maximum atomic E-state index is 14.2. The van der Waals surface area contributed by atoms with E-state index in [-0.39, 0.29) is 5.82 Å². The number of fused-ring (bicyclic) bond motifs is 1. The number of imidazole rings is 1. The van der Waals surface area contributed by atoms with E-state index in [0.717, 1.165) is 15.5 Å². The number of aryl methyl sites for hydroxylation is 1. The van der Waals surface area contributed by atoms with Crippen LogP contribution < -0.4 is 0 Å². The Morgan fingerprint density at radius 3 is 2.76 bits per heavy atom. The molecule has 0 atom stereocenters. The molecule has 1 heterocycles. The normalized spacial score (nSPS) is 11.2. The summed E-state index contributed by atoms with van der Waals surface area (Å²) in [6.45, 7) is 0. The fourth-order valence-corrected chi connectivity index (χ4v) is 2.96. The molecule has 0 aliphatic rings. The van der Waals surface area contributed by atoms with Crippen LogP contribution in [0.15, 0.2) is 40.9 Å². The van der Waals surface area contributed by atoms with Crippen molar-refractivity contribution >= 4 is 50.2 Å². The summed E-state index contributed by atoms with van der Waals surface area (Å²) >= 11 is 15.3. The Kier molecular flexibility index (Phi) is 4.20. The molecule has 108 valence electrons. The van der Waals surface area contributed by atoms with E-state index in [1.165, 1.54) is 6.07 Å². The molecule has 3 aromatic rings. The van der Waals surface area contributed by atoms with Gasteiger partial charge < -0.3 is 0 Å². The lowest BCUT2D eigenvalue weighted by molar-refractivity contribution is 0.616. The minimum absolute atomic E-state index is 0.326. The van der Waals surface area contributed by atoms with E-state index in [0.29, 0.717) is 28.8 Å². The molecule has 0 radical (unpaired) electrons. The van der Waals surface area contributed by atoms with Crippen LogP contribution >= 0.6 is 39.1 Å². The number of alkyl halides is 1. The summed E-state index contributed by atoms with van der Waals surface area (Å²) in [4.78, 5) is 4.53. The monoisotopic (exact) mass is 386 g/mol. The van der Waals surface area contributed by atoms with Crippen LogP contribution in [-0.2, 0) is 6.42 Å². The first kappa shape index (κ1) is 14.8. The van der Waals surface area contributed by atoms with Crippen LogP contribution in [0.4, 0.5) is 4.39 Å². The highest BCUT2D eigenvalue weighted by molar-refractivity contribution is 9.10. The van der Waals surface area contributed by atoms with Crippen molar-refractivity contribution in [3.8, 4) is 5.69 Å². The largest absolute Gasteiger partial charge is 0.293 e. The minimum atomic E-state index is -0.326. The third-order valence-corrected chi connectivity index (χ3v) is 4.07. The van der Waals surface area contributed by atoms with Crippen molar-refractivity contribution < 1.29 is 4.39 Å². The van der Waals surface area contributed by atoms with E-state index >= 15 is 0 Å². The number of hydrogen-bond acceptors (Lipinski definition) is 1. The molecule has 21 heavy (non-hydrogen) atoms. The van der Waals surface area contributed by atoms with Gasteiger partial charge in [0.1, 0.15) is 11.6 Å². The van der Waals surface area contributed by atoms with Crippen LogP contribution in [0.1, 0.15) is 5.82 Å². The molecule has 0 spiro atoms. The molecule has 0 saturated carbocycles. The quantitative estimate of drug-likeness (QED) is 0.553. The lowest BCUT2D eigenvalue weighted by Crippen LogP contribution is -2.04.